The number of anilines is 2. The predicted octanol–water partition coefficient (Wildman–Crippen LogP) is 3.42. The predicted molar refractivity (Wildman–Crippen MR) is 89.9 cm³/mol. The maximum atomic E-state index is 5.38. The van der Waals surface area contributed by atoms with Gasteiger partial charge in [0.05, 0.1) is 0 Å². The number of unbranched alkanes of at least 4 members (excludes halogenated alkanes) is 2. The monoisotopic (exact) mass is 314 g/mol. The first-order valence-electron chi connectivity index (χ1n) is 8.04. The standard InChI is InChI=1S/C17H22N4O2/c1-2-3-4-8-18-16-7-9-19-17(21-16)20-11-13-5-6-14-15(10-13)23-12-22-14/h5-7,9-10H,2-4,8,11-12H2,1H3,(H2,18,19,20,21). The molecule has 0 unspecified atom stereocenters. The highest BCUT2D eigenvalue weighted by molar-refractivity contribution is 5.46. The zero-order chi connectivity index (χ0) is 15.9. The number of hydrogen-bond acceptors (Lipinski definition) is 6. The summed E-state index contributed by atoms with van der Waals surface area (Å²) >= 11 is 0. The summed E-state index contributed by atoms with van der Waals surface area (Å²) in [6.07, 6.45) is 5.36. The summed E-state index contributed by atoms with van der Waals surface area (Å²) in [5.41, 5.74) is 1.10. The Morgan fingerprint density at radius 2 is 2.00 bits per heavy atom. The van der Waals surface area contributed by atoms with E-state index in [9.17, 15) is 0 Å². The summed E-state index contributed by atoms with van der Waals surface area (Å²) < 4.78 is 10.7. The summed E-state index contributed by atoms with van der Waals surface area (Å²) in [5, 5.41) is 6.56. The highest BCUT2D eigenvalue weighted by Gasteiger charge is 2.13. The van der Waals surface area contributed by atoms with E-state index in [2.05, 4.69) is 27.5 Å². The quantitative estimate of drug-likeness (QED) is 0.728. The van der Waals surface area contributed by atoms with Gasteiger partial charge in [-0.25, -0.2) is 4.98 Å². The fraction of sp³-hybridized carbons (Fsp3) is 0.412. The van der Waals surface area contributed by atoms with Gasteiger partial charge in [-0.15, -0.1) is 0 Å². The van der Waals surface area contributed by atoms with Crippen LogP contribution in [0.4, 0.5) is 11.8 Å². The molecule has 3 rings (SSSR count). The maximum absolute atomic E-state index is 5.38. The Bertz CT molecular complexity index is 648. The smallest absolute Gasteiger partial charge is 0.231 e. The number of benzene rings is 1. The van der Waals surface area contributed by atoms with Crippen LogP contribution in [0.5, 0.6) is 11.5 Å². The number of nitrogens with zero attached hydrogens (tertiary/aromatic N) is 2. The van der Waals surface area contributed by atoms with E-state index in [1.807, 2.05) is 24.3 Å². The van der Waals surface area contributed by atoms with E-state index in [-0.39, 0.29) is 0 Å². The van der Waals surface area contributed by atoms with E-state index in [0.717, 1.165) is 35.8 Å². The molecule has 1 aliphatic rings. The lowest BCUT2D eigenvalue weighted by Gasteiger charge is -2.08. The van der Waals surface area contributed by atoms with Crippen LogP contribution in [0.15, 0.2) is 30.5 Å². The Balaban J connectivity index is 1.53. The van der Waals surface area contributed by atoms with E-state index in [0.29, 0.717) is 19.3 Å². The molecule has 0 aliphatic carbocycles. The molecule has 1 aromatic heterocycles. The Morgan fingerprint density at radius 1 is 1.09 bits per heavy atom. The summed E-state index contributed by atoms with van der Waals surface area (Å²) in [5.74, 6) is 3.05. The Kier molecular flexibility index (Phi) is 5.13. The minimum absolute atomic E-state index is 0.293. The van der Waals surface area contributed by atoms with Crippen LogP contribution in [0.3, 0.4) is 0 Å². The maximum Gasteiger partial charge on any atom is 0.231 e. The molecule has 23 heavy (non-hydrogen) atoms. The van der Waals surface area contributed by atoms with Crippen LogP contribution in [0.1, 0.15) is 31.7 Å². The van der Waals surface area contributed by atoms with Gasteiger partial charge in [-0.05, 0) is 30.2 Å². The van der Waals surface area contributed by atoms with Gasteiger partial charge in [0.25, 0.3) is 0 Å². The van der Waals surface area contributed by atoms with Crippen LogP contribution in [0.2, 0.25) is 0 Å². The van der Waals surface area contributed by atoms with E-state index in [1.165, 1.54) is 12.8 Å². The number of fused-ring (bicyclic) bond motifs is 1. The largest absolute Gasteiger partial charge is 0.454 e. The third kappa shape index (κ3) is 4.25. The lowest BCUT2D eigenvalue weighted by Crippen LogP contribution is -2.07. The van der Waals surface area contributed by atoms with Gasteiger partial charge in [0.2, 0.25) is 12.7 Å². The first-order chi connectivity index (χ1) is 11.3. The SMILES string of the molecule is CCCCCNc1ccnc(NCc2ccc3c(c2)OCO3)n1. The normalized spacial score (nSPS) is 12.2. The Labute approximate surface area is 136 Å². The molecule has 122 valence electrons. The van der Waals surface area contributed by atoms with Crippen molar-refractivity contribution in [2.45, 2.75) is 32.7 Å². The highest BCUT2D eigenvalue weighted by atomic mass is 16.7. The zero-order valence-corrected chi connectivity index (χ0v) is 13.3. The molecule has 0 bridgehead atoms. The van der Waals surface area contributed by atoms with Crippen molar-refractivity contribution in [3.8, 4) is 11.5 Å². The summed E-state index contributed by atoms with van der Waals surface area (Å²) in [7, 11) is 0. The van der Waals surface area contributed by atoms with Crippen molar-refractivity contribution in [1.29, 1.82) is 0 Å². The number of ether oxygens (including phenoxy) is 2. The van der Waals surface area contributed by atoms with Gasteiger partial charge in [0.15, 0.2) is 11.5 Å². The van der Waals surface area contributed by atoms with Crippen molar-refractivity contribution in [2.75, 3.05) is 24.0 Å². The van der Waals surface area contributed by atoms with Crippen LogP contribution in [0, 0.1) is 0 Å². The third-order valence-electron chi connectivity index (χ3n) is 3.63. The first kappa shape index (κ1) is 15.4. The van der Waals surface area contributed by atoms with E-state index < -0.39 is 0 Å². The average Bonchev–Trinajstić information content (AvgIpc) is 3.05. The molecule has 1 aliphatic heterocycles. The lowest BCUT2D eigenvalue weighted by atomic mass is 10.2. The van der Waals surface area contributed by atoms with Gasteiger partial charge in [0.1, 0.15) is 5.82 Å². The molecule has 2 aromatic rings. The van der Waals surface area contributed by atoms with Crippen LogP contribution in [-0.4, -0.2) is 23.3 Å². The average molecular weight is 314 g/mol. The highest BCUT2D eigenvalue weighted by Crippen LogP contribution is 2.32. The van der Waals surface area contributed by atoms with Crippen LogP contribution < -0.4 is 20.1 Å². The van der Waals surface area contributed by atoms with E-state index >= 15 is 0 Å². The van der Waals surface area contributed by atoms with Crippen molar-refractivity contribution in [1.82, 2.24) is 9.97 Å². The Hall–Kier alpha value is -2.50. The minimum atomic E-state index is 0.293. The van der Waals surface area contributed by atoms with Gasteiger partial charge in [-0.3, -0.25) is 0 Å². The molecular formula is C17H22N4O2. The summed E-state index contributed by atoms with van der Waals surface area (Å²) in [6, 6.07) is 7.79. The van der Waals surface area contributed by atoms with E-state index in [4.69, 9.17) is 9.47 Å². The van der Waals surface area contributed by atoms with E-state index in [1.54, 1.807) is 6.20 Å². The molecule has 0 amide bonds. The topological polar surface area (TPSA) is 68.3 Å². The molecule has 1 aromatic carbocycles. The first-order valence-corrected chi connectivity index (χ1v) is 8.04. The molecule has 2 heterocycles. The molecular weight excluding hydrogens is 292 g/mol. The fourth-order valence-corrected chi connectivity index (χ4v) is 2.37. The molecule has 6 nitrogen and oxygen atoms in total. The number of aromatic nitrogens is 2. The van der Waals surface area contributed by atoms with Gasteiger partial charge < -0.3 is 20.1 Å². The van der Waals surface area contributed by atoms with Crippen molar-refractivity contribution in [2.24, 2.45) is 0 Å². The number of hydrogen-bond donors (Lipinski definition) is 2. The van der Waals surface area contributed by atoms with Crippen LogP contribution in [0.25, 0.3) is 0 Å². The molecule has 0 fully saturated rings. The van der Waals surface area contributed by atoms with Crippen molar-refractivity contribution < 1.29 is 9.47 Å². The summed E-state index contributed by atoms with van der Waals surface area (Å²) in [6.45, 7) is 4.06. The zero-order valence-electron chi connectivity index (χ0n) is 13.3. The number of nitrogens with one attached hydrogen (secondary N) is 2. The molecule has 0 atom stereocenters. The molecule has 0 spiro atoms. The minimum Gasteiger partial charge on any atom is -0.454 e. The molecule has 0 saturated carbocycles. The molecule has 6 heteroatoms. The summed E-state index contributed by atoms with van der Waals surface area (Å²) in [4.78, 5) is 8.72. The van der Waals surface area contributed by atoms with Crippen LogP contribution in [-0.2, 0) is 6.54 Å². The third-order valence-corrected chi connectivity index (χ3v) is 3.63. The Morgan fingerprint density at radius 3 is 2.91 bits per heavy atom. The second-order valence-electron chi connectivity index (χ2n) is 5.44. The lowest BCUT2D eigenvalue weighted by molar-refractivity contribution is 0.174. The van der Waals surface area contributed by atoms with Crippen LogP contribution >= 0.6 is 0 Å². The molecule has 2 N–H and O–H groups in total. The van der Waals surface area contributed by atoms with Gasteiger partial charge in [-0.2, -0.15) is 4.98 Å². The molecule has 0 saturated heterocycles. The molecule has 0 radical (unpaired) electrons. The second kappa shape index (κ2) is 7.67. The van der Waals surface area contributed by atoms with Gasteiger partial charge >= 0.3 is 0 Å². The van der Waals surface area contributed by atoms with Gasteiger partial charge in [0, 0.05) is 19.3 Å². The number of rotatable bonds is 8. The second-order valence-corrected chi connectivity index (χ2v) is 5.44. The van der Waals surface area contributed by atoms with Gasteiger partial charge in [-0.1, -0.05) is 25.8 Å². The van der Waals surface area contributed by atoms with Crippen molar-refractivity contribution in [3.05, 3.63) is 36.0 Å². The van der Waals surface area contributed by atoms with Crippen molar-refractivity contribution >= 4 is 11.8 Å². The fourth-order valence-electron chi connectivity index (χ4n) is 2.37. The van der Waals surface area contributed by atoms with Crippen molar-refractivity contribution in [3.63, 3.8) is 0 Å².